The molecular weight excluding hydrogens is 550 g/mol. The third-order valence-corrected chi connectivity index (χ3v) is 11.1. The maximum absolute atomic E-state index is 14.6. The molecule has 2 aromatic carbocycles. The Kier molecular flexibility index (Phi) is 7.82. The molecule has 222 valence electrons. The average molecular weight is 589 g/mol. The Balaban J connectivity index is 1.27. The second kappa shape index (κ2) is 11.2. The lowest BCUT2D eigenvalue weighted by Gasteiger charge is -2.45. The van der Waals surface area contributed by atoms with E-state index in [9.17, 15) is 22.0 Å². The first-order valence-corrected chi connectivity index (χ1v) is 16.1. The van der Waals surface area contributed by atoms with Crippen LogP contribution in [0.2, 0.25) is 0 Å². The molecule has 0 radical (unpaired) electrons. The van der Waals surface area contributed by atoms with Crippen LogP contribution in [0.5, 0.6) is 0 Å². The van der Waals surface area contributed by atoms with Gasteiger partial charge >= 0.3 is 6.09 Å². The van der Waals surface area contributed by atoms with Gasteiger partial charge in [-0.25, -0.2) is 32.0 Å². The molecule has 4 aliphatic rings. The van der Waals surface area contributed by atoms with Gasteiger partial charge in [0.25, 0.3) is 0 Å². The first-order valence-electron chi connectivity index (χ1n) is 14.7. The summed E-state index contributed by atoms with van der Waals surface area (Å²) in [5.41, 5.74) is -0.0878. The van der Waals surface area contributed by atoms with Crippen LogP contribution >= 0.6 is 0 Å². The van der Waals surface area contributed by atoms with Gasteiger partial charge in [-0.2, -0.15) is 4.31 Å². The maximum atomic E-state index is 14.6. The van der Waals surface area contributed by atoms with Crippen molar-refractivity contribution in [2.75, 3.05) is 39.3 Å². The molecule has 0 N–H and O–H groups in total. The van der Waals surface area contributed by atoms with Crippen molar-refractivity contribution < 1.29 is 26.7 Å². The normalized spacial score (nSPS) is 25.8. The smallest absolute Gasteiger partial charge is 0.410 e. The number of carbonyl (C=O) groups excluding carboxylic acids is 1. The van der Waals surface area contributed by atoms with E-state index >= 15 is 0 Å². The fourth-order valence-electron chi connectivity index (χ4n) is 6.70. The zero-order valence-electron chi connectivity index (χ0n) is 23.5. The van der Waals surface area contributed by atoms with E-state index in [1.165, 1.54) is 41.4 Å². The molecule has 6 rings (SSSR count). The summed E-state index contributed by atoms with van der Waals surface area (Å²) in [4.78, 5) is 15.0. The topological polar surface area (TPSA) is 73.4 Å². The van der Waals surface area contributed by atoms with Crippen LogP contribution in [0.4, 0.5) is 13.6 Å². The van der Waals surface area contributed by atoms with Crippen molar-refractivity contribution in [1.82, 2.24) is 19.2 Å². The van der Waals surface area contributed by atoms with Gasteiger partial charge in [-0.3, -0.25) is 0 Å². The minimum atomic E-state index is -4.23. The van der Waals surface area contributed by atoms with Gasteiger partial charge in [0, 0.05) is 39.3 Å². The first kappa shape index (κ1) is 28.5. The summed E-state index contributed by atoms with van der Waals surface area (Å²) < 4.78 is 65.0. The van der Waals surface area contributed by atoms with Gasteiger partial charge in [-0.05, 0) is 87.3 Å². The predicted molar refractivity (Wildman–Crippen MR) is 149 cm³/mol. The Morgan fingerprint density at radius 1 is 0.902 bits per heavy atom. The van der Waals surface area contributed by atoms with E-state index in [0.717, 1.165) is 32.2 Å². The number of benzene rings is 2. The number of hydrogen-bond acceptors (Lipinski definition) is 6. The van der Waals surface area contributed by atoms with E-state index < -0.39 is 45.4 Å². The monoisotopic (exact) mass is 588 g/mol. The molecule has 3 saturated heterocycles. The number of sulfonamides is 1. The number of hydrazine groups is 1. The van der Waals surface area contributed by atoms with Crippen molar-refractivity contribution in [3.8, 4) is 0 Å². The quantitative estimate of drug-likeness (QED) is 0.480. The number of nitrogens with zero attached hydrogens (tertiary/aromatic N) is 4. The van der Waals surface area contributed by atoms with Gasteiger partial charge < -0.3 is 9.64 Å². The average Bonchev–Trinajstić information content (AvgIpc) is 3.53. The van der Waals surface area contributed by atoms with Crippen LogP contribution in [-0.4, -0.2) is 84.6 Å². The summed E-state index contributed by atoms with van der Waals surface area (Å²) >= 11 is 0. The van der Waals surface area contributed by atoms with Crippen molar-refractivity contribution in [3.63, 3.8) is 0 Å². The summed E-state index contributed by atoms with van der Waals surface area (Å²) in [5, 5.41) is 4.67. The third kappa shape index (κ3) is 5.61. The van der Waals surface area contributed by atoms with Crippen LogP contribution in [0.1, 0.15) is 62.1 Å². The summed E-state index contributed by atoms with van der Waals surface area (Å²) in [6.45, 7) is 6.26. The lowest BCUT2D eigenvalue weighted by molar-refractivity contribution is -0.0512. The number of piperidine rings is 1. The summed E-state index contributed by atoms with van der Waals surface area (Å²) in [7, 11) is -4.23. The van der Waals surface area contributed by atoms with Crippen LogP contribution < -0.4 is 0 Å². The van der Waals surface area contributed by atoms with E-state index in [1.807, 2.05) is 0 Å². The molecule has 11 heteroatoms. The highest BCUT2D eigenvalue weighted by Gasteiger charge is 2.60. The fraction of sp³-hybridized carbons (Fsp3) is 0.567. The third-order valence-electron chi connectivity index (χ3n) is 9.16. The highest BCUT2D eigenvalue weighted by atomic mass is 32.2. The molecule has 3 heterocycles. The highest BCUT2D eigenvalue weighted by molar-refractivity contribution is 7.89. The number of halogens is 2. The van der Waals surface area contributed by atoms with Crippen molar-refractivity contribution in [2.24, 2.45) is 0 Å². The Bertz CT molecular complexity index is 1390. The van der Waals surface area contributed by atoms with Crippen molar-refractivity contribution in [1.29, 1.82) is 0 Å². The zero-order valence-corrected chi connectivity index (χ0v) is 24.3. The lowest BCUT2D eigenvalue weighted by Crippen LogP contribution is -2.57. The molecule has 1 saturated carbocycles. The van der Waals surface area contributed by atoms with E-state index in [0.29, 0.717) is 56.3 Å². The predicted octanol–water partition coefficient (Wildman–Crippen LogP) is 4.86. The number of aryl methyl sites for hydroxylation is 1. The first-order chi connectivity index (χ1) is 19.7. The number of piperazine rings is 1. The Labute approximate surface area is 240 Å². The minimum absolute atomic E-state index is 0.158. The standard InChI is InChI=1S/C30H38F2N4O4S/c1-22-10-11-25(21-26(22)32)41(38,39)36-27(23-6-4-7-24(31)20-23)8-5-9-28(36)30(12-13-30)40-29(37)33-16-18-35(19-17-33)34-14-2-3-15-34/h4,6-7,10-11,20-21,27-28H,2-3,5,8-9,12-19H2,1H3/t27-,28+/m0/s1. The Hall–Kier alpha value is -2.60. The van der Waals surface area contributed by atoms with Gasteiger partial charge in [0.2, 0.25) is 10.0 Å². The molecule has 41 heavy (non-hydrogen) atoms. The summed E-state index contributed by atoms with van der Waals surface area (Å²) in [6.07, 6.45) is 4.71. The van der Waals surface area contributed by atoms with Crippen molar-refractivity contribution in [2.45, 2.75) is 74.4 Å². The molecule has 2 atom stereocenters. The number of carbonyl (C=O) groups is 1. The second-order valence-electron chi connectivity index (χ2n) is 11.8. The molecule has 0 aromatic heterocycles. The second-order valence-corrected chi connectivity index (χ2v) is 13.6. The molecule has 3 aliphatic heterocycles. The van der Waals surface area contributed by atoms with Crippen LogP contribution in [0.25, 0.3) is 0 Å². The Morgan fingerprint density at radius 3 is 2.27 bits per heavy atom. The van der Waals surface area contributed by atoms with Gasteiger partial charge in [-0.1, -0.05) is 18.2 Å². The molecule has 1 aliphatic carbocycles. The van der Waals surface area contributed by atoms with Crippen molar-refractivity contribution >= 4 is 16.1 Å². The zero-order chi connectivity index (χ0) is 28.8. The SMILES string of the molecule is Cc1ccc(S(=O)(=O)N2[C@H](c3cccc(F)c3)CCC[C@@H]2C2(OC(=O)N3CCN(N4CCCC4)CC3)CC2)cc1F. The molecule has 8 nitrogen and oxygen atoms in total. The molecule has 4 fully saturated rings. The van der Waals surface area contributed by atoms with Crippen LogP contribution in [0, 0.1) is 18.6 Å². The fourth-order valence-corrected chi connectivity index (χ4v) is 8.63. The largest absolute Gasteiger partial charge is 0.441 e. The van der Waals surface area contributed by atoms with E-state index in [1.54, 1.807) is 24.0 Å². The van der Waals surface area contributed by atoms with Crippen LogP contribution in [0.15, 0.2) is 47.4 Å². The molecule has 0 bridgehead atoms. The van der Waals surface area contributed by atoms with Crippen molar-refractivity contribution in [3.05, 3.63) is 65.2 Å². The maximum Gasteiger partial charge on any atom is 0.410 e. The molecular formula is C30H38F2N4O4S. The van der Waals surface area contributed by atoms with E-state index in [-0.39, 0.29) is 4.90 Å². The van der Waals surface area contributed by atoms with Crippen LogP contribution in [0.3, 0.4) is 0 Å². The number of rotatable bonds is 6. The van der Waals surface area contributed by atoms with Gasteiger partial charge in [0.15, 0.2) is 0 Å². The van der Waals surface area contributed by atoms with Gasteiger partial charge in [0.1, 0.15) is 17.2 Å². The number of hydrogen-bond donors (Lipinski definition) is 0. The highest BCUT2D eigenvalue weighted by Crippen LogP contribution is 2.52. The van der Waals surface area contributed by atoms with Crippen LogP contribution in [-0.2, 0) is 14.8 Å². The summed E-state index contributed by atoms with van der Waals surface area (Å²) in [5.74, 6) is -1.06. The number of amides is 1. The molecule has 0 spiro atoms. The number of ether oxygens (including phenoxy) is 1. The molecule has 1 amide bonds. The molecule has 2 aromatic rings. The molecule has 0 unspecified atom stereocenters. The van der Waals surface area contributed by atoms with E-state index in [2.05, 4.69) is 10.0 Å². The van der Waals surface area contributed by atoms with Gasteiger partial charge in [-0.15, -0.1) is 0 Å². The summed E-state index contributed by atoms with van der Waals surface area (Å²) in [6, 6.07) is 8.57. The van der Waals surface area contributed by atoms with E-state index in [4.69, 9.17) is 4.74 Å². The van der Waals surface area contributed by atoms with Gasteiger partial charge in [0.05, 0.1) is 17.0 Å². The lowest BCUT2D eigenvalue weighted by atomic mass is 9.90. The Morgan fingerprint density at radius 2 is 1.61 bits per heavy atom. The minimum Gasteiger partial charge on any atom is -0.441 e.